The summed E-state index contributed by atoms with van der Waals surface area (Å²) >= 11 is 0. The second kappa shape index (κ2) is 9.23. The van der Waals surface area contributed by atoms with Gasteiger partial charge in [0.15, 0.2) is 0 Å². The lowest BCUT2D eigenvalue weighted by Crippen LogP contribution is -2.50. The molecule has 0 fully saturated rings. The number of rotatable bonds is 9. The monoisotopic (exact) mass is 340 g/mol. The number of halogens is 1. The zero-order valence-electron chi connectivity index (χ0n) is 12.6. The maximum Gasteiger partial charge on any atom is 0.326 e. The first kappa shape index (κ1) is 19.1. The van der Waals surface area contributed by atoms with Crippen LogP contribution in [0.15, 0.2) is 24.3 Å². The van der Waals surface area contributed by atoms with Crippen molar-refractivity contribution >= 4 is 24.3 Å². The molecule has 2 atom stereocenters. The van der Waals surface area contributed by atoms with Crippen molar-refractivity contribution in [1.29, 1.82) is 0 Å². The summed E-state index contributed by atoms with van der Waals surface area (Å²) in [6, 6.07) is 1.97. The van der Waals surface area contributed by atoms with Crippen LogP contribution in [0.3, 0.4) is 0 Å². The highest BCUT2D eigenvalue weighted by atomic mass is 19.1. The van der Waals surface area contributed by atoms with Gasteiger partial charge in [-0.1, -0.05) is 12.1 Å². The fourth-order valence-corrected chi connectivity index (χ4v) is 1.92. The molecule has 0 spiro atoms. The number of carbonyl (C=O) groups is 4. The molecule has 1 rings (SSSR count). The number of nitrogens with one attached hydrogen (secondary N) is 2. The third-order valence-electron chi connectivity index (χ3n) is 3.08. The average Bonchev–Trinajstić information content (AvgIpc) is 2.50. The van der Waals surface area contributed by atoms with Crippen LogP contribution < -0.4 is 10.6 Å². The van der Waals surface area contributed by atoms with E-state index in [1.165, 1.54) is 18.2 Å². The molecule has 0 heterocycles. The van der Waals surface area contributed by atoms with Crippen LogP contribution in [-0.4, -0.2) is 46.6 Å². The van der Waals surface area contributed by atoms with Crippen LogP contribution in [0, 0.1) is 5.82 Å². The van der Waals surface area contributed by atoms with E-state index in [0.717, 1.165) is 6.07 Å². The lowest BCUT2D eigenvalue weighted by atomic mass is 10.1. The van der Waals surface area contributed by atoms with Crippen LogP contribution in [0.4, 0.5) is 9.18 Å². The van der Waals surface area contributed by atoms with Gasteiger partial charge in [0.25, 0.3) is 0 Å². The number of carbonyl (C=O) groups excluding carboxylic acids is 2. The highest BCUT2D eigenvalue weighted by Gasteiger charge is 2.22. The second-order valence-corrected chi connectivity index (χ2v) is 5.02. The molecular weight excluding hydrogens is 323 g/mol. The van der Waals surface area contributed by atoms with Crippen molar-refractivity contribution in [3.8, 4) is 0 Å². The summed E-state index contributed by atoms with van der Waals surface area (Å²) in [5.41, 5.74) is 0.375. The number of hydrogen-bond donors (Lipinski definition) is 4. The van der Waals surface area contributed by atoms with E-state index in [2.05, 4.69) is 10.6 Å². The molecule has 4 N–H and O–H groups in total. The molecule has 0 radical (unpaired) electrons. The van der Waals surface area contributed by atoms with Gasteiger partial charge in [-0.15, -0.1) is 0 Å². The Labute approximate surface area is 136 Å². The molecule has 9 heteroatoms. The summed E-state index contributed by atoms with van der Waals surface area (Å²) in [6.45, 7) is 0. The van der Waals surface area contributed by atoms with Gasteiger partial charge in [-0.25, -0.2) is 14.0 Å². The highest BCUT2D eigenvalue weighted by molar-refractivity contribution is 5.84. The lowest BCUT2D eigenvalue weighted by Gasteiger charge is -2.17. The molecule has 0 aliphatic rings. The molecule has 0 saturated heterocycles. The normalized spacial score (nSPS) is 12.7. The van der Waals surface area contributed by atoms with E-state index < -0.39 is 35.9 Å². The van der Waals surface area contributed by atoms with Crippen LogP contribution in [0.5, 0.6) is 0 Å². The van der Waals surface area contributed by atoms with Gasteiger partial charge in [0.1, 0.15) is 18.1 Å². The van der Waals surface area contributed by atoms with Gasteiger partial charge in [-0.2, -0.15) is 0 Å². The summed E-state index contributed by atoms with van der Waals surface area (Å²) in [5, 5.41) is 22.0. The Kier molecular flexibility index (Phi) is 7.34. The molecule has 8 nitrogen and oxygen atoms in total. The van der Waals surface area contributed by atoms with Gasteiger partial charge < -0.3 is 25.6 Å². The van der Waals surface area contributed by atoms with Crippen molar-refractivity contribution < 1.29 is 33.8 Å². The molecule has 0 unspecified atom stereocenters. The molecule has 0 saturated carbocycles. The van der Waals surface area contributed by atoms with Crippen LogP contribution in [0.1, 0.15) is 18.4 Å². The minimum absolute atomic E-state index is 0.117. The summed E-state index contributed by atoms with van der Waals surface area (Å²) in [5.74, 6) is -2.99. The zero-order chi connectivity index (χ0) is 18.1. The van der Waals surface area contributed by atoms with Crippen molar-refractivity contribution in [1.82, 2.24) is 10.6 Å². The first-order valence-electron chi connectivity index (χ1n) is 7.03. The van der Waals surface area contributed by atoms with Crippen molar-refractivity contribution in [3.63, 3.8) is 0 Å². The van der Waals surface area contributed by atoms with E-state index in [4.69, 9.17) is 10.2 Å². The summed E-state index contributed by atoms with van der Waals surface area (Å²) in [4.78, 5) is 44.2. The number of aliphatic carboxylic acids is 2. The maximum absolute atomic E-state index is 13.1. The predicted molar refractivity (Wildman–Crippen MR) is 79.9 cm³/mol. The Morgan fingerprint density at radius 2 is 1.92 bits per heavy atom. The Bertz CT molecular complexity index is 622. The SMILES string of the molecule is O=C[C@H](CCC(=O)O)NC(=O)N[C@@H](Cc1cccc(F)c1)C(=O)O. The third-order valence-corrected chi connectivity index (χ3v) is 3.08. The molecule has 0 aliphatic carbocycles. The summed E-state index contributed by atoms with van der Waals surface area (Å²) < 4.78 is 13.1. The Morgan fingerprint density at radius 3 is 2.46 bits per heavy atom. The molecule has 0 aromatic heterocycles. The van der Waals surface area contributed by atoms with E-state index in [9.17, 15) is 23.6 Å². The average molecular weight is 340 g/mol. The number of urea groups is 1. The van der Waals surface area contributed by atoms with E-state index in [1.807, 2.05) is 0 Å². The van der Waals surface area contributed by atoms with Gasteiger partial charge in [0.2, 0.25) is 0 Å². The Hall–Kier alpha value is -2.97. The topological polar surface area (TPSA) is 133 Å². The van der Waals surface area contributed by atoms with Crippen LogP contribution in [0.2, 0.25) is 0 Å². The van der Waals surface area contributed by atoms with Crippen molar-refractivity contribution in [2.24, 2.45) is 0 Å². The number of benzene rings is 1. The molecule has 0 bridgehead atoms. The predicted octanol–water partition coefficient (Wildman–Crippen LogP) is 0.553. The molecule has 2 amide bonds. The van der Waals surface area contributed by atoms with Gasteiger partial charge in [-0.05, 0) is 24.1 Å². The zero-order valence-corrected chi connectivity index (χ0v) is 12.6. The fourth-order valence-electron chi connectivity index (χ4n) is 1.92. The molecular formula is C15H17FN2O6. The van der Waals surface area contributed by atoms with E-state index >= 15 is 0 Å². The maximum atomic E-state index is 13.1. The number of carboxylic acids is 2. The minimum atomic E-state index is -1.33. The van der Waals surface area contributed by atoms with Gasteiger partial charge in [0.05, 0.1) is 6.04 Å². The fraction of sp³-hybridized carbons (Fsp3) is 0.333. The largest absolute Gasteiger partial charge is 0.481 e. The van der Waals surface area contributed by atoms with E-state index in [-0.39, 0.29) is 19.3 Å². The summed E-state index contributed by atoms with van der Waals surface area (Å²) in [6.07, 6.45) is -0.227. The van der Waals surface area contributed by atoms with Gasteiger partial charge in [0, 0.05) is 12.8 Å². The smallest absolute Gasteiger partial charge is 0.326 e. The van der Waals surface area contributed by atoms with Crippen molar-refractivity contribution in [2.75, 3.05) is 0 Å². The number of amides is 2. The highest BCUT2D eigenvalue weighted by Crippen LogP contribution is 2.07. The first-order chi connectivity index (χ1) is 11.3. The molecule has 0 aliphatic heterocycles. The molecule has 1 aromatic rings. The second-order valence-electron chi connectivity index (χ2n) is 5.02. The van der Waals surface area contributed by atoms with Crippen LogP contribution in [-0.2, 0) is 20.8 Å². The van der Waals surface area contributed by atoms with E-state index in [0.29, 0.717) is 11.8 Å². The molecule has 24 heavy (non-hydrogen) atoms. The standard InChI is InChI=1S/C15H17FN2O6/c16-10-3-1-2-9(6-10)7-12(14(22)23)18-15(24)17-11(8-19)4-5-13(20)21/h1-3,6,8,11-12H,4-5,7H2,(H,20,21)(H,22,23)(H2,17,18,24)/t11-,12-/m0/s1. The van der Waals surface area contributed by atoms with Gasteiger partial charge >= 0.3 is 18.0 Å². The van der Waals surface area contributed by atoms with Crippen LogP contribution >= 0.6 is 0 Å². The summed E-state index contributed by atoms with van der Waals surface area (Å²) in [7, 11) is 0. The minimum Gasteiger partial charge on any atom is -0.481 e. The Balaban J connectivity index is 2.63. The van der Waals surface area contributed by atoms with Crippen molar-refractivity contribution in [2.45, 2.75) is 31.3 Å². The van der Waals surface area contributed by atoms with Crippen molar-refractivity contribution in [3.05, 3.63) is 35.6 Å². The first-order valence-corrected chi connectivity index (χ1v) is 7.03. The number of carboxylic acid groups (broad SMARTS) is 2. The quantitative estimate of drug-likeness (QED) is 0.485. The van der Waals surface area contributed by atoms with E-state index in [1.54, 1.807) is 0 Å². The Morgan fingerprint density at radius 1 is 1.21 bits per heavy atom. The van der Waals surface area contributed by atoms with Crippen LogP contribution in [0.25, 0.3) is 0 Å². The lowest BCUT2D eigenvalue weighted by molar-refractivity contribution is -0.139. The molecule has 1 aromatic carbocycles. The third kappa shape index (κ3) is 6.86. The molecule has 130 valence electrons. The van der Waals surface area contributed by atoms with Gasteiger partial charge in [-0.3, -0.25) is 4.79 Å². The number of hydrogen-bond acceptors (Lipinski definition) is 4. The number of aldehydes is 1.